The predicted octanol–water partition coefficient (Wildman–Crippen LogP) is -0.859. The average Bonchev–Trinajstić information content (AvgIpc) is 2.21. The Bertz CT molecular complexity index is 495. The van der Waals surface area contributed by atoms with Gasteiger partial charge in [0.15, 0.2) is 0 Å². The van der Waals surface area contributed by atoms with Gasteiger partial charge in [-0.3, -0.25) is 9.36 Å². The molecule has 92 valence electrons. The van der Waals surface area contributed by atoms with Crippen LogP contribution in [-0.4, -0.2) is 32.6 Å². The number of nitrogens with zero attached hydrogens (tertiary/aromatic N) is 2. The molecule has 1 amide bonds. The minimum atomic E-state index is -1.20. The van der Waals surface area contributed by atoms with Gasteiger partial charge in [0.2, 0.25) is 5.91 Å². The fraction of sp³-hybridized carbons (Fsp3) is 0.400. The first-order valence-corrected chi connectivity index (χ1v) is 4.93. The molecule has 1 aromatic rings. The van der Waals surface area contributed by atoms with Crippen molar-refractivity contribution in [2.45, 2.75) is 26.4 Å². The number of carboxylic acids is 1. The third-order valence-electron chi connectivity index (χ3n) is 2.04. The molecule has 0 aliphatic rings. The van der Waals surface area contributed by atoms with Crippen LogP contribution in [0.4, 0.5) is 0 Å². The fourth-order valence-electron chi connectivity index (χ4n) is 1.32. The Hall–Kier alpha value is -2.18. The van der Waals surface area contributed by atoms with Crippen molar-refractivity contribution in [3.8, 4) is 0 Å². The average molecular weight is 239 g/mol. The lowest BCUT2D eigenvalue weighted by molar-refractivity contribution is -0.142. The topological polar surface area (TPSA) is 101 Å². The molecule has 1 unspecified atom stereocenters. The zero-order valence-corrected chi connectivity index (χ0v) is 9.51. The smallest absolute Gasteiger partial charge is 0.347 e. The summed E-state index contributed by atoms with van der Waals surface area (Å²) in [5.74, 6) is -1.67. The van der Waals surface area contributed by atoms with Crippen LogP contribution in [0.1, 0.15) is 12.5 Å². The third-order valence-corrected chi connectivity index (χ3v) is 2.04. The molecule has 0 bridgehead atoms. The maximum Gasteiger partial charge on any atom is 0.347 e. The summed E-state index contributed by atoms with van der Waals surface area (Å²) >= 11 is 0. The Labute approximate surface area is 97.1 Å². The molecule has 7 heteroatoms. The van der Waals surface area contributed by atoms with Crippen molar-refractivity contribution in [1.29, 1.82) is 0 Å². The first-order chi connectivity index (χ1) is 7.90. The molecular formula is C10H13N3O4. The highest BCUT2D eigenvalue weighted by molar-refractivity contribution is 5.81. The quantitative estimate of drug-likeness (QED) is 0.712. The summed E-state index contributed by atoms with van der Waals surface area (Å²) < 4.78 is 1.16. The Morgan fingerprint density at radius 3 is 2.76 bits per heavy atom. The molecule has 0 aliphatic heterocycles. The number of hydrogen-bond donors (Lipinski definition) is 2. The molecule has 0 radical (unpaired) electrons. The van der Waals surface area contributed by atoms with E-state index in [2.05, 4.69) is 10.3 Å². The Morgan fingerprint density at radius 2 is 2.24 bits per heavy atom. The Balaban J connectivity index is 2.93. The van der Waals surface area contributed by atoms with E-state index in [4.69, 9.17) is 5.11 Å². The van der Waals surface area contributed by atoms with Crippen LogP contribution in [0.15, 0.2) is 17.2 Å². The molecule has 0 fully saturated rings. The van der Waals surface area contributed by atoms with Crippen LogP contribution in [0, 0.1) is 6.92 Å². The summed E-state index contributed by atoms with van der Waals surface area (Å²) in [5, 5.41) is 11.1. The van der Waals surface area contributed by atoms with Crippen LogP contribution in [0.3, 0.4) is 0 Å². The molecular weight excluding hydrogens is 226 g/mol. The number of carboxylic acid groups (broad SMARTS) is 1. The van der Waals surface area contributed by atoms with Crippen molar-refractivity contribution in [2.75, 3.05) is 0 Å². The second-order valence-corrected chi connectivity index (χ2v) is 3.66. The molecule has 1 rings (SSSR count). The van der Waals surface area contributed by atoms with E-state index in [0.717, 1.165) is 10.1 Å². The van der Waals surface area contributed by atoms with Crippen molar-refractivity contribution < 1.29 is 14.7 Å². The second-order valence-electron chi connectivity index (χ2n) is 3.66. The number of aromatic nitrogens is 2. The van der Waals surface area contributed by atoms with Gasteiger partial charge in [0.25, 0.3) is 0 Å². The van der Waals surface area contributed by atoms with Crippen molar-refractivity contribution in [2.24, 2.45) is 0 Å². The van der Waals surface area contributed by atoms with Crippen molar-refractivity contribution in [3.63, 3.8) is 0 Å². The molecule has 1 aromatic heterocycles. The predicted molar refractivity (Wildman–Crippen MR) is 58.5 cm³/mol. The van der Waals surface area contributed by atoms with E-state index in [1.165, 1.54) is 19.3 Å². The molecule has 1 atom stereocenters. The van der Waals surface area contributed by atoms with Gasteiger partial charge in [-0.2, -0.15) is 0 Å². The van der Waals surface area contributed by atoms with Gasteiger partial charge in [-0.15, -0.1) is 0 Å². The van der Waals surface area contributed by atoms with Gasteiger partial charge in [-0.1, -0.05) is 0 Å². The number of rotatable bonds is 4. The number of nitrogens with one attached hydrogen (secondary N) is 1. The molecule has 0 saturated carbocycles. The SMILES string of the molecule is CC(=O)NC(Cn1cc(C)cnc1=O)C(=O)O. The van der Waals surface area contributed by atoms with Crippen LogP contribution in [-0.2, 0) is 16.1 Å². The van der Waals surface area contributed by atoms with Crippen LogP contribution in [0.2, 0.25) is 0 Å². The summed E-state index contributed by atoms with van der Waals surface area (Å²) in [6, 6.07) is -1.14. The van der Waals surface area contributed by atoms with Gasteiger partial charge in [-0.25, -0.2) is 14.6 Å². The van der Waals surface area contributed by atoms with Crippen LogP contribution in [0.5, 0.6) is 0 Å². The Morgan fingerprint density at radius 1 is 1.59 bits per heavy atom. The van der Waals surface area contributed by atoms with Gasteiger partial charge in [0, 0.05) is 19.3 Å². The number of amides is 1. The molecule has 1 heterocycles. The van der Waals surface area contributed by atoms with Crippen molar-refractivity contribution in [1.82, 2.24) is 14.9 Å². The minimum absolute atomic E-state index is 0.150. The largest absolute Gasteiger partial charge is 0.480 e. The van der Waals surface area contributed by atoms with E-state index in [-0.39, 0.29) is 6.54 Å². The first kappa shape index (κ1) is 12.9. The maximum absolute atomic E-state index is 11.4. The molecule has 7 nitrogen and oxygen atoms in total. The normalized spacial score (nSPS) is 11.9. The van der Waals surface area contributed by atoms with Crippen LogP contribution >= 0.6 is 0 Å². The maximum atomic E-state index is 11.4. The molecule has 0 spiro atoms. The number of aliphatic carboxylic acids is 1. The lowest BCUT2D eigenvalue weighted by Crippen LogP contribution is -2.44. The third kappa shape index (κ3) is 3.71. The van der Waals surface area contributed by atoms with E-state index in [9.17, 15) is 14.4 Å². The van der Waals surface area contributed by atoms with E-state index in [1.54, 1.807) is 6.92 Å². The Kier molecular flexibility index (Phi) is 3.97. The summed E-state index contributed by atoms with van der Waals surface area (Å²) in [7, 11) is 0. The van der Waals surface area contributed by atoms with Gasteiger partial charge >= 0.3 is 11.7 Å². The van der Waals surface area contributed by atoms with E-state index < -0.39 is 23.6 Å². The van der Waals surface area contributed by atoms with Gasteiger partial charge in [0.05, 0.1) is 6.54 Å². The summed E-state index contributed by atoms with van der Waals surface area (Å²) in [6.45, 7) is 2.80. The van der Waals surface area contributed by atoms with Crippen LogP contribution < -0.4 is 11.0 Å². The molecule has 17 heavy (non-hydrogen) atoms. The highest BCUT2D eigenvalue weighted by atomic mass is 16.4. The highest BCUT2D eigenvalue weighted by Gasteiger charge is 2.19. The fourth-order valence-corrected chi connectivity index (χ4v) is 1.32. The minimum Gasteiger partial charge on any atom is -0.480 e. The monoisotopic (exact) mass is 239 g/mol. The number of aryl methyl sites for hydroxylation is 1. The molecule has 2 N–H and O–H groups in total. The van der Waals surface area contributed by atoms with Crippen molar-refractivity contribution in [3.05, 3.63) is 28.4 Å². The number of carbonyl (C=O) groups excluding carboxylic acids is 1. The lowest BCUT2D eigenvalue weighted by atomic mass is 10.3. The van der Waals surface area contributed by atoms with Gasteiger partial charge < -0.3 is 10.4 Å². The van der Waals surface area contributed by atoms with E-state index in [0.29, 0.717) is 0 Å². The van der Waals surface area contributed by atoms with E-state index in [1.807, 2.05) is 0 Å². The number of carbonyl (C=O) groups is 2. The zero-order valence-electron chi connectivity index (χ0n) is 9.51. The second kappa shape index (κ2) is 5.24. The van der Waals surface area contributed by atoms with Crippen molar-refractivity contribution >= 4 is 11.9 Å². The highest BCUT2D eigenvalue weighted by Crippen LogP contribution is 1.94. The summed E-state index contributed by atoms with van der Waals surface area (Å²) in [6.07, 6.45) is 2.89. The van der Waals surface area contributed by atoms with E-state index >= 15 is 0 Å². The summed E-state index contributed by atoms with van der Waals surface area (Å²) in [5.41, 5.74) is 0.184. The van der Waals surface area contributed by atoms with Gasteiger partial charge in [-0.05, 0) is 12.5 Å². The standard InChI is InChI=1S/C10H13N3O4/c1-6-3-11-10(17)13(4-6)5-8(9(15)16)12-7(2)14/h3-4,8H,5H2,1-2H3,(H,12,14)(H,15,16). The molecule has 0 saturated heterocycles. The summed E-state index contributed by atoms with van der Waals surface area (Å²) in [4.78, 5) is 36.6. The van der Waals surface area contributed by atoms with Crippen LogP contribution in [0.25, 0.3) is 0 Å². The molecule has 0 aliphatic carbocycles. The van der Waals surface area contributed by atoms with Gasteiger partial charge in [0.1, 0.15) is 6.04 Å². The zero-order chi connectivity index (χ0) is 13.0. The molecule has 0 aromatic carbocycles. The first-order valence-electron chi connectivity index (χ1n) is 4.93. The lowest BCUT2D eigenvalue weighted by Gasteiger charge is -2.14. The number of hydrogen-bond acceptors (Lipinski definition) is 4.